The summed E-state index contributed by atoms with van der Waals surface area (Å²) in [6.07, 6.45) is 1.73. The van der Waals surface area contributed by atoms with Gasteiger partial charge in [0, 0.05) is 28.3 Å². The Balaban J connectivity index is 2.64. The number of aryl methyl sites for hydroxylation is 1. The van der Waals surface area contributed by atoms with E-state index >= 15 is 0 Å². The van der Waals surface area contributed by atoms with Gasteiger partial charge in [-0.1, -0.05) is 6.07 Å². The fourth-order valence-electron chi connectivity index (χ4n) is 1.29. The first kappa shape index (κ1) is 12.3. The van der Waals surface area contributed by atoms with Crippen LogP contribution in [0, 0.1) is 6.92 Å². The van der Waals surface area contributed by atoms with Gasteiger partial charge >= 0.3 is 0 Å². The average Bonchev–Trinajstić information content (AvgIpc) is 2.05. The molecule has 3 nitrogen and oxygen atoms in total. The molecule has 2 N–H and O–H groups in total. The van der Waals surface area contributed by atoms with Crippen molar-refractivity contribution in [1.82, 2.24) is 4.98 Å². The van der Waals surface area contributed by atoms with Crippen LogP contribution in [0.3, 0.4) is 0 Å². The molecule has 15 heavy (non-hydrogen) atoms. The summed E-state index contributed by atoms with van der Waals surface area (Å²) < 4.78 is 11.8. The van der Waals surface area contributed by atoms with E-state index in [1.54, 1.807) is 6.20 Å². The van der Waals surface area contributed by atoms with E-state index in [1.165, 1.54) is 0 Å². The highest BCUT2D eigenvalue weighted by Crippen LogP contribution is 2.09. The number of rotatable bonds is 4. The second-order valence-electron chi connectivity index (χ2n) is 4.48. The highest BCUT2D eigenvalue weighted by atomic mass is 32.2. The second-order valence-corrected chi connectivity index (χ2v) is 5.94. The van der Waals surface area contributed by atoms with Crippen molar-refractivity contribution in [2.24, 2.45) is 5.73 Å². The normalized spacial score (nSPS) is 13.9. The maximum absolute atomic E-state index is 11.8. The Morgan fingerprint density at radius 1 is 1.53 bits per heavy atom. The summed E-state index contributed by atoms with van der Waals surface area (Å²) in [5.41, 5.74) is 7.42. The standard InChI is InChI=1S/C11H18N2OS/c1-9-5-4-6-13-10(9)7-15(14)8-11(2,3)12/h4-6H,7-8,12H2,1-3H3. The molecule has 0 aliphatic carbocycles. The lowest BCUT2D eigenvalue weighted by Crippen LogP contribution is -2.38. The van der Waals surface area contributed by atoms with Gasteiger partial charge in [-0.25, -0.2) is 0 Å². The minimum Gasteiger partial charge on any atom is -0.325 e. The predicted molar refractivity (Wildman–Crippen MR) is 64.0 cm³/mol. The van der Waals surface area contributed by atoms with Crippen LogP contribution in [0.2, 0.25) is 0 Å². The summed E-state index contributed by atoms with van der Waals surface area (Å²) in [6.45, 7) is 5.75. The first-order valence-electron chi connectivity index (χ1n) is 4.93. The number of aromatic nitrogens is 1. The van der Waals surface area contributed by atoms with Gasteiger partial charge in [0.25, 0.3) is 0 Å². The van der Waals surface area contributed by atoms with Gasteiger partial charge in [0.1, 0.15) is 0 Å². The molecule has 0 bridgehead atoms. The zero-order chi connectivity index (χ0) is 11.5. The van der Waals surface area contributed by atoms with Crippen LogP contribution in [-0.2, 0) is 16.6 Å². The molecule has 1 heterocycles. The van der Waals surface area contributed by atoms with Crippen LogP contribution in [-0.4, -0.2) is 20.5 Å². The van der Waals surface area contributed by atoms with Crippen molar-refractivity contribution in [2.75, 3.05) is 5.75 Å². The highest BCUT2D eigenvalue weighted by Gasteiger charge is 2.16. The van der Waals surface area contributed by atoms with Crippen molar-refractivity contribution in [3.05, 3.63) is 29.6 Å². The van der Waals surface area contributed by atoms with Gasteiger partial charge in [-0.15, -0.1) is 0 Å². The Bertz CT molecular complexity index is 358. The van der Waals surface area contributed by atoms with Crippen LogP contribution in [0.1, 0.15) is 25.1 Å². The number of pyridine rings is 1. The number of nitrogens with two attached hydrogens (primary N) is 1. The van der Waals surface area contributed by atoms with Crippen LogP contribution in [0.4, 0.5) is 0 Å². The molecule has 0 radical (unpaired) electrons. The minimum absolute atomic E-state index is 0.381. The second kappa shape index (κ2) is 4.86. The van der Waals surface area contributed by atoms with Crippen LogP contribution >= 0.6 is 0 Å². The summed E-state index contributed by atoms with van der Waals surface area (Å²) in [6, 6.07) is 3.86. The van der Waals surface area contributed by atoms with Crippen molar-refractivity contribution in [3.63, 3.8) is 0 Å². The van der Waals surface area contributed by atoms with Gasteiger partial charge in [-0.3, -0.25) is 9.19 Å². The van der Waals surface area contributed by atoms with Crippen LogP contribution in [0.15, 0.2) is 18.3 Å². The largest absolute Gasteiger partial charge is 0.325 e. The molecule has 0 fully saturated rings. The Labute approximate surface area is 93.6 Å². The third-order valence-corrected chi connectivity index (χ3v) is 3.61. The van der Waals surface area contributed by atoms with Crippen LogP contribution in [0.25, 0.3) is 0 Å². The van der Waals surface area contributed by atoms with E-state index in [0.29, 0.717) is 11.5 Å². The molecule has 4 heteroatoms. The fraction of sp³-hybridized carbons (Fsp3) is 0.545. The van der Waals surface area contributed by atoms with E-state index in [0.717, 1.165) is 11.3 Å². The maximum Gasteiger partial charge on any atom is 0.0662 e. The van der Waals surface area contributed by atoms with Gasteiger partial charge in [-0.2, -0.15) is 0 Å². The Hall–Kier alpha value is -0.740. The summed E-state index contributed by atoms with van der Waals surface area (Å²) in [4.78, 5) is 4.21. The van der Waals surface area contributed by atoms with Gasteiger partial charge in [0.05, 0.1) is 11.4 Å². The third-order valence-electron chi connectivity index (χ3n) is 1.95. The number of hydrogen-bond donors (Lipinski definition) is 1. The first-order chi connectivity index (χ1) is 6.88. The fourth-order valence-corrected chi connectivity index (χ4v) is 2.83. The molecule has 1 aromatic heterocycles. The molecule has 0 aromatic carbocycles. The minimum atomic E-state index is -0.938. The molecular formula is C11H18N2OS. The number of hydrogen-bond acceptors (Lipinski definition) is 3. The topological polar surface area (TPSA) is 56.0 Å². The van der Waals surface area contributed by atoms with Gasteiger partial charge in [-0.05, 0) is 32.4 Å². The van der Waals surface area contributed by atoms with Gasteiger partial charge < -0.3 is 5.73 Å². The predicted octanol–water partition coefficient (Wildman–Crippen LogP) is 1.38. The van der Waals surface area contributed by atoms with Gasteiger partial charge in [0.15, 0.2) is 0 Å². The molecule has 0 aliphatic heterocycles. The van der Waals surface area contributed by atoms with E-state index in [1.807, 2.05) is 32.9 Å². The van der Waals surface area contributed by atoms with Crippen molar-refractivity contribution >= 4 is 10.8 Å². The molecule has 0 amide bonds. The molecule has 0 spiro atoms. The SMILES string of the molecule is Cc1cccnc1CS(=O)CC(C)(C)N. The smallest absolute Gasteiger partial charge is 0.0662 e. The molecule has 0 saturated heterocycles. The monoisotopic (exact) mass is 226 g/mol. The van der Waals surface area contributed by atoms with Crippen LogP contribution in [0.5, 0.6) is 0 Å². The maximum atomic E-state index is 11.8. The third kappa shape index (κ3) is 4.53. The van der Waals surface area contributed by atoms with Crippen molar-refractivity contribution in [1.29, 1.82) is 0 Å². The summed E-state index contributed by atoms with van der Waals surface area (Å²) in [5, 5.41) is 0. The molecule has 1 unspecified atom stereocenters. The molecule has 1 aromatic rings. The first-order valence-corrected chi connectivity index (χ1v) is 6.41. The van der Waals surface area contributed by atoms with E-state index in [9.17, 15) is 4.21 Å². The van der Waals surface area contributed by atoms with E-state index in [2.05, 4.69) is 4.98 Å². The lowest BCUT2D eigenvalue weighted by atomic mass is 10.1. The highest BCUT2D eigenvalue weighted by molar-refractivity contribution is 7.84. The molecule has 1 rings (SSSR count). The summed E-state index contributed by atoms with van der Waals surface area (Å²) in [7, 11) is -0.938. The summed E-state index contributed by atoms with van der Waals surface area (Å²) in [5.74, 6) is 0.996. The summed E-state index contributed by atoms with van der Waals surface area (Å²) >= 11 is 0. The molecule has 0 saturated carbocycles. The van der Waals surface area contributed by atoms with E-state index < -0.39 is 10.8 Å². The quantitative estimate of drug-likeness (QED) is 0.843. The molecule has 0 aliphatic rings. The van der Waals surface area contributed by atoms with E-state index in [4.69, 9.17) is 5.73 Å². The molecule has 1 atom stereocenters. The van der Waals surface area contributed by atoms with Crippen molar-refractivity contribution < 1.29 is 4.21 Å². The lowest BCUT2D eigenvalue weighted by molar-refractivity contribution is 0.577. The number of nitrogens with zero attached hydrogens (tertiary/aromatic N) is 1. The zero-order valence-electron chi connectivity index (χ0n) is 9.49. The Kier molecular flexibility index (Phi) is 3.99. The van der Waals surface area contributed by atoms with Crippen molar-refractivity contribution in [2.45, 2.75) is 32.1 Å². The van der Waals surface area contributed by atoms with Crippen LogP contribution < -0.4 is 5.73 Å². The zero-order valence-corrected chi connectivity index (χ0v) is 10.3. The van der Waals surface area contributed by atoms with Crippen molar-refractivity contribution in [3.8, 4) is 0 Å². The van der Waals surface area contributed by atoms with Gasteiger partial charge in [0.2, 0.25) is 0 Å². The Morgan fingerprint density at radius 3 is 2.73 bits per heavy atom. The lowest BCUT2D eigenvalue weighted by Gasteiger charge is -2.17. The average molecular weight is 226 g/mol. The molecular weight excluding hydrogens is 208 g/mol. The molecule has 84 valence electrons. The Morgan fingerprint density at radius 2 is 2.20 bits per heavy atom. The van der Waals surface area contributed by atoms with E-state index in [-0.39, 0.29) is 5.54 Å².